The molecule has 2 aromatic carbocycles. The highest BCUT2D eigenvalue weighted by Crippen LogP contribution is 2.24. The van der Waals surface area contributed by atoms with Crippen molar-refractivity contribution in [3.8, 4) is 0 Å². The number of nitro groups is 1. The van der Waals surface area contributed by atoms with Gasteiger partial charge in [0.15, 0.2) is 0 Å². The average Bonchev–Trinajstić information content (AvgIpc) is 2.41. The molecule has 2 rings (SSSR count). The smallest absolute Gasteiger partial charge is 0.292 e. The molecule has 0 heterocycles. The van der Waals surface area contributed by atoms with Crippen LogP contribution < -0.4 is 11.1 Å². The van der Waals surface area contributed by atoms with E-state index < -0.39 is 4.92 Å². The molecule has 3 N–H and O–H groups in total. The third kappa shape index (κ3) is 3.44. The Bertz CT molecular complexity index is 614. The summed E-state index contributed by atoms with van der Waals surface area (Å²) < 4.78 is 12.7. The number of halogens is 1. The van der Waals surface area contributed by atoms with Crippen LogP contribution in [0, 0.1) is 15.9 Å². The Morgan fingerprint density at radius 2 is 1.90 bits per heavy atom. The van der Waals surface area contributed by atoms with Crippen molar-refractivity contribution in [3.63, 3.8) is 0 Å². The Morgan fingerprint density at radius 1 is 1.20 bits per heavy atom. The van der Waals surface area contributed by atoms with Gasteiger partial charge in [-0.15, -0.1) is 0 Å². The molecule has 0 fully saturated rings. The summed E-state index contributed by atoms with van der Waals surface area (Å²) in [6.07, 6.45) is 0.719. The Labute approximate surface area is 115 Å². The molecule has 0 aromatic heterocycles. The number of rotatable bonds is 5. The first-order chi connectivity index (χ1) is 9.56. The Hall–Kier alpha value is -2.63. The van der Waals surface area contributed by atoms with Gasteiger partial charge in [0.25, 0.3) is 5.69 Å². The molecule has 0 bridgehead atoms. The second kappa shape index (κ2) is 6.01. The highest BCUT2D eigenvalue weighted by atomic mass is 19.1. The lowest BCUT2D eigenvalue weighted by atomic mass is 10.1. The van der Waals surface area contributed by atoms with Gasteiger partial charge in [0.2, 0.25) is 0 Å². The van der Waals surface area contributed by atoms with Gasteiger partial charge in [-0.05, 0) is 36.2 Å². The second-order valence-corrected chi connectivity index (χ2v) is 4.33. The molecule has 0 amide bonds. The van der Waals surface area contributed by atoms with Gasteiger partial charge in [0, 0.05) is 18.3 Å². The number of hydrogen-bond donors (Lipinski definition) is 2. The van der Waals surface area contributed by atoms with Crippen LogP contribution in [0.2, 0.25) is 0 Å². The summed E-state index contributed by atoms with van der Waals surface area (Å²) in [6, 6.07) is 10.8. The van der Waals surface area contributed by atoms with Gasteiger partial charge >= 0.3 is 0 Å². The Morgan fingerprint density at radius 3 is 2.50 bits per heavy atom. The van der Waals surface area contributed by atoms with Gasteiger partial charge in [-0.3, -0.25) is 10.1 Å². The molecule has 20 heavy (non-hydrogen) atoms. The van der Waals surface area contributed by atoms with Crippen LogP contribution in [-0.4, -0.2) is 11.5 Å². The highest BCUT2D eigenvalue weighted by Gasteiger charge is 2.10. The van der Waals surface area contributed by atoms with Crippen molar-refractivity contribution < 1.29 is 9.31 Å². The summed E-state index contributed by atoms with van der Waals surface area (Å²) in [7, 11) is 0. The summed E-state index contributed by atoms with van der Waals surface area (Å²) >= 11 is 0. The fraction of sp³-hybridized carbons (Fsp3) is 0.143. The molecule has 6 heteroatoms. The van der Waals surface area contributed by atoms with Crippen molar-refractivity contribution in [2.24, 2.45) is 0 Å². The molecule has 0 saturated carbocycles. The lowest BCUT2D eigenvalue weighted by Gasteiger charge is -2.07. The molecular weight excluding hydrogens is 261 g/mol. The first kappa shape index (κ1) is 13.8. The zero-order chi connectivity index (χ0) is 14.5. The minimum Gasteiger partial charge on any atom is -0.393 e. The van der Waals surface area contributed by atoms with E-state index in [0.717, 1.165) is 17.7 Å². The molecule has 104 valence electrons. The highest BCUT2D eigenvalue weighted by molar-refractivity contribution is 5.65. The van der Waals surface area contributed by atoms with Crippen LogP contribution in [0.4, 0.5) is 21.5 Å². The van der Waals surface area contributed by atoms with Crippen molar-refractivity contribution in [2.45, 2.75) is 6.42 Å². The van der Waals surface area contributed by atoms with Crippen molar-refractivity contribution in [1.82, 2.24) is 0 Å². The standard InChI is InChI=1S/C14H14FN3O2/c15-11-3-1-10(2-4-11)7-8-17-12-5-6-14(18(19)20)13(16)9-12/h1-6,9,17H,7-8,16H2. The average molecular weight is 275 g/mol. The number of nitrogens with one attached hydrogen (secondary N) is 1. The van der Waals surface area contributed by atoms with E-state index in [4.69, 9.17) is 5.73 Å². The first-order valence-electron chi connectivity index (χ1n) is 6.08. The molecule has 0 saturated heterocycles. The number of nitrogens with zero attached hydrogens (tertiary/aromatic N) is 1. The summed E-state index contributed by atoms with van der Waals surface area (Å²) in [5, 5.41) is 13.8. The predicted molar refractivity (Wildman–Crippen MR) is 76.1 cm³/mol. The lowest BCUT2D eigenvalue weighted by molar-refractivity contribution is -0.383. The van der Waals surface area contributed by atoms with Crippen LogP contribution in [0.15, 0.2) is 42.5 Å². The van der Waals surface area contributed by atoms with E-state index in [0.29, 0.717) is 6.54 Å². The minimum absolute atomic E-state index is 0.103. The fourth-order valence-electron chi connectivity index (χ4n) is 1.83. The zero-order valence-corrected chi connectivity index (χ0v) is 10.7. The fourth-order valence-corrected chi connectivity index (χ4v) is 1.83. The van der Waals surface area contributed by atoms with Crippen LogP contribution in [0.5, 0.6) is 0 Å². The lowest BCUT2D eigenvalue weighted by Crippen LogP contribution is -2.05. The van der Waals surface area contributed by atoms with Gasteiger partial charge in [-0.1, -0.05) is 12.1 Å². The normalized spacial score (nSPS) is 10.2. The van der Waals surface area contributed by atoms with Gasteiger partial charge in [-0.2, -0.15) is 0 Å². The summed E-state index contributed by atoms with van der Waals surface area (Å²) in [6.45, 7) is 0.628. The van der Waals surface area contributed by atoms with Crippen LogP contribution >= 0.6 is 0 Å². The van der Waals surface area contributed by atoms with Gasteiger partial charge in [0.05, 0.1) is 4.92 Å². The first-order valence-corrected chi connectivity index (χ1v) is 6.08. The molecule has 0 unspecified atom stereocenters. The minimum atomic E-state index is -0.516. The molecule has 0 aliphatic rings. The SMILES string of the molecule is Nc1cc(NCCc2ccc(F)cc2)ccc1[N+](=O)[O-]. The quantitative estimate of drug-likeness (QED) is 0.499. The third-order valence-corrected chi connectivity index (χ3v) is 2.88. The molecule has 2 aromatic rings. The molecule has 0 spiro atoms. The van der Waals surface area contributed by atoms with Crippen LogP contribution in [0.1, 0.15) is 5.56 Å². The maximum Gasteiger partial charge on any atom is 0.292 e. The number of nitro benzene ring substituents is 1. The van der Waals surface area contributed by atoms with Crippen LogP contribution in [0.3, 0.4) is 0 Å². The van der Waals surface area contributed by atoms with Crippen molar-refractivity contribution in [2.75, 3.05) is 17.6 Å². The molecule has 5 nitrogen and oxygen atoms in total. The second-order valence-electron chi connectivity index (χ2n) is 4.33. The van der Waals surface area contributed by atoms with Gasteiger partial charge in [-0.25, -0.2) is 4.39 Å². The van der Waals surface area contributed by atoms with Crippen molar-refractivity contribution in [3.05, 3.63) is 64.0 Å². The van der Waals surface area contributed by atoms with Crippen LogP contribution in [-0.2, 0) is 6.42 Å². The topological polar surface area (TPSA) is 81.2 Å². The number of anilines is 2. The number of nitrogens with two attached hydrogens (primary N) is 1. The maximum absolute atomic E-state index is 12.7. The van der Waals surface area contributed by atoms with E-state index in [9.17, 15) is 14.5 Å². The molecule has 0 aliphatic carbocycles. The van der Waals surface area contributed by atoms with Gasteiger partial charge < -0.3 is 11.1 Å². The monoisotopic (exact) mass is 275 g/mol. The largest absolute Gasteiger partial charge is 0.393 e. The van der Waals surface area contributed by atoms with E-state index in [2.05, 4.69) is 5.32 Å². The van der Waals surface area contributed by atoms with E-state index in [1.54, 1.807) is 18.2 Å². The maximum atomic E-state index is 12.7. The summed E-state index contributed by atoms with van der Waals surface area (Å²) in [4.78, 5) is 10.1. The summed E-state index contributed by atoms with van der Waals surface area (Å²) in [5.41, 5.74) is 7.35. The molecular formula is C14H14FN3O2. The number of benzene rings is 2. The number of nitrogen functional groups attached to an aromatic ring is 1. The molecule has 0 aliphatic heterocycles. The van der Waals surface area contributed by atoms with Gasteiger partial charge in [0.1, 0.15) is 11.5 Å². The van der Waals surface area contributed by atoms with Crippen molar-refractivity contribution >= 4 is 17.1 Å². The number of hydrogen-bond acceptors (Lipinski definition) is 4. The van der Waals surface area contributed by atoms with Crippen molar-refractivity contribution in [1.29, 1.82) is 0 Å². The Kier molecular flexibility index (Phi) is 4.14. The summed E-state index contributed by atoms with van der Waals surface area (Å²) in [5.74, 6) is -0.259. The van der Waals surface area contributed by atoms with E-state index in [1.165, 1.54) is 24.3 Å². The predicted octanol–water partition coefficient (Wildman–Crippen LogP) is 2.97. The Balaban J connectivity index is 1.92. The zero-order valence-electron chi connectivity index (χ0n) is 10.7. The molecule has 0 atom stereocenters. The van der Waals surface area contributed by atoms with E-state index in [-0.39, 0.29) is 17.2 Å². The third-order valence-electron chi connectivity index (χ3n) is 2.88. The van der Waals surface area contributed by atoms with E-state index in [1.807, 2.05) is 0 Å². The van der Waals surface area contributed by atoms with E-state index >= 15 is 0 Å². The molecule has 0 radical (unpaired) electrons. The van der Waals surface area contributed by atoms with Crippen LogP contribution in [0.25, 0.3) is 0 Å².